The molecule has 0 N–H and O–H groups in total. The Balaban J connectivity index is 1.83. The molecule has 4 rings (SSSR count). The zero-order valence-electron chi connectivity index (χ0n) is 11.2. The van der Waals surface area contributed by atoms with E-state index in [1.165, 1.54) is 22.3 Å². The minimum Gasteiger partial charge on any atom is -0.145 e. The van der Waals surface area contributed by atoms with Crippen LogP contribution in [0.3, 0.4) is 0 Å². The number of hydrogen-bond donors (Lipinski definition) is 0. The zero-order valence-corrected chi connectivity index (χ0v) is 11.2. The second-order valence-electron chi connectivity index (χ2n) is 5.59. The standard InChI is InChI=1S/C18H15NO/c20-19-18-15-8-4-2-6-13(15)11-17(18)16-10-9-12-5-1-3-7-14(12)16/h1-8,16H,9-11H2. The molecule has 0 radical (unpaired) electrons. The van der Waals surface area contributed by atoms with Crippen LogP contribution in [0.15, 0.2) is 59.3 Å². The van der Waals surface area contributed by atoms with Crippen molar-refractivity contribution in [3.8, 4) is 0 Å². The van der Waals surface area contributed by atoms with Crippen LogP contribution in [0.5, 0.6) is 0 Å². The Labute approximate surface area is 118 Å². The van der Waals surface area contributed by atoms with Crippen LogP contribution in [0.2, 0.25) is 0 Å². The van der Waals surface area contributed by atoms with E-state index in [1.807, 2.05) is 18.2 Å². The highest BCUT2D eigenvalue weighted by Gasteiger charge is 2.32. The Hall–Kier alpha value is -2.22. The summed E-state index contributed by atoms with van der Waals surface area (Å²) < 4.78 is 0. The quantitative estimate of drug-likeness (QED) is 0.734. The van der Waals surface area contributed by atoms with Crippen molar-refractivity contribution in [3.05, 3.63) is 81.3 Å². The molecule has 0 saturated heterocycles. The van der Waals surface area contributed by atoms with E-state index in [-0.39, 0.29) is 0 Å². The van der Waals surface area contributed by atoms with E-state index in [2.05, 4.69) is 35.5 Å². The van der Waals surface area contributed by atoms with Gasteiger partial charge in [0.15, 0.2) is 0 Å². The summed E-state index contributed by atoms with van der Waals surface area (Å²) in [5.74, 6) is 0.367. The van der Waals surface area contributed by atoms with Gasteiger partial charge in [0.1, 0.15) is 5.70 Å². The average Bonchev–Trinajstić information content (AvgIpc) is 3.07. The first-order valence-corrected chi connectivity index (χ1v) is 7.11. The molecule has 98 valence electrons. The summed E-state index contributed by atoms with van der Waals surface area (Å²) in [5.41, 5.74) is 6.97. The van der Waals surface area contributed by atoms with Crippen molar-refractivity contribution in [2.45, 2.75) is 25.2 Å². The van der Waals surface area contributed by atoms with Gasteiger partial charge < -0.3 is 0 Å². The highest BCUT2D eigenvalue weighted by atomic mass is 16.3. The van der Waals surface area contributed by atoms with Crippen molar-refractivity contribution in [2.75, 3.05) is 0 Å². The van der Waals surface area contributed by atoms with E-state index in [1.54, 1.807) is 0 Å². The zero-order chi connectivity index (χ0) is 13.5. The van der Waals surface area contributed by atoms with Crippen molar-refractivity contribution in [1.82, 2.24) is 0 Å². The number of hydrogen-bond acceptors (Lipinski definition) is 2. The van der Waals surface area contributed by atoms with Gasteiger partial charge in [0.05, 0.1) is 0 Å². The summed E-state index contributed by atoms with van der Waals surface area (Å²) in [6, 6.07) is 16.7. The van der Waals surface area contributed by atoms with Gasteiger partial charge in [-0.15, -0.1) is 4.91 Å². The van der Waals surface area contributed by atoms with Gasteiger partial charge in [-0.25, -0.2) is 0 Å². The van der Waals surface area contributed by atoms with Gasteiger partial charge in [-0.3, -0.25) is 0 Å². The van der Waals surface area contributed by atoms with Crippen LogP contribution in [0.1, 0.15) is 34.6 Å². The molecule has 0 heterocycles. The van der Waals surface area contributed by atoms with Crippen molar-refractivity contribution in [1.29, 1.82) is 0 Å². The molecule has 2 aliphatic carbocycles. The molecule has 2 nitrogen and oxygen atoms in total. The largest absolute Gasteiger partial charge is 0.145 e. The van der Waals surface area contributed by atoms with E-state index in [4.69, 9.17) is 0 Å². The van der Waals surface area contributed by atoms with Crippen molar-refractivity contribution in [3.63, 3.8) is 0 Å². The molecule has 0 amide bonds. The van der Waals surface area contributed by atoms with Crippen LogP contribution in [-0.2, 0) is 12.8 Å². The fraction of sp³-hybridized carbons (Fsp3) is 0.222. The lowest BCUT2D eigenvalue weighted by Gasteiger charge is -2.13. The van der Waals surface area contributed by atoms with Gasteiger partial charge in [-0.1, -0.05) is 48.5 Å². The summed E-state index contributed by atoms with van der Waals surface area (Å²) in [6.07, 6.45) is 3.07. The molecule has 2 heteroatoms. The highest BCUT2D eigenvalue weighted by molar-refractivity contribution is 5.77. The Bertz CT molecular complexity index is 730. The van der Waals surface area contributed by atoms with Crippen LogP contribution < -0.4 is 0 Å². The summed E-state index contributed by atoms with van der Waals surface area (Å²) in [6.45, 7) is 0. The van der Waals surface area contributed by atoms with Gasteiger partial charge in [-0.05, 0) is 46.7 Å². The monoisotopic (exact) mass is 261 g/mol. The summed E-state index contributed by atoms with van der Waals surface area (Å²) in [5, 5.41) is 3.36. The number of fused-ring (bicyclic) bond motifs is 2. The molecule has 0 bridgehead atoms. The van der Waals surface area contributed by atoms with Gasteiger partial charge in [0, 0.05) is 11.5 Å². The molecule has 0 spiro atoms. The normalized spacial score (nSPS) is 19.9. The van der Waals surface area contributed by atoms with Crippen molar-refractivity contribution >= 4 is 5.70 Å². The van der Waals surface area contributed by atoms with E-state index in [0.29, 0.717) is 11.6 Å². The topological polar surface area (TPSA) is 29.4 Å². The lowest BCUT2D eigenvalue weighted by molar-refractivity contribution is 0.757. The maximum absolute atomic E-state index is 11.3. The molecule has 0 fully saturated rings. The van der Waals surface area contributed by atoms with Crippen LogP contribution in [0, 0.1) is 4.91 Å². The van der Waals surface area contributed by atoms with Crippen molar-refractivity contribution in [2.24, 2.45) is 5.18 Å². The minimum absolute atomic E-state index is 0.367. The second-order valence-corrected chi connectivity index (χ2v) is 5.59. The molecule has 0 aliphatic heterocycles. The van der Waals surface area contributed by atoms with Crippen molar-refractivity contribution < 1.29 is 0 Å². The van der Waals surface area contributed by atoms with Crippen LogP contribution in [0.4, 0.5) is 0 Å². The third kappa shape index (κ3) is 1.58. The number of aryl methyl sites for hydroxylation is 1. The van der Waals surface area contributed by atoms with Gasteiger partial charge in [0.25, 0.3) is 0 Å². The number of nitrogens with zero attached hydrogens (tertiary/aromatic N) is 1. The van der Waals surface area contributed by atoms with E-state index in [0.717, 1.165) is 24.8 Å². The van der Waals surface area contributed by atoms with Crippen LogP contribution in [0.25, 0.3) is 5.70 Å². The maximum atomic E-state index is 11.3. The molecular weight excluding hydrogens is 246 g/mol. The van der Waals surface area contributed by atoms with E-state index < -0.39 is 0 Å². The van der Waals surface area contributed by atoms with Gasteiger partial charge in [0.2, 0.25) is 0 Å². The fourth-order valence-corrected chi connectivity index (χ4v) is 3.68. The lowest BCUT2D eigenvalue weighted by atomic mass is 9.91. The smallest absolute Gasteiger partial charge is 0.115 e. The summed E-state index contributed by atoms with van der Waals surface area (Å²) in [7, 11) is 0. The predicted molar refractivity (Wildman–Crippen MR) is 80.4 cm³/mol. The molecule has 0 saturated carbocycles. The predicted octanol–water partition coefficient (Wildman–Crippen LogP) is 4.45. The molecule has 2 aromatic rings. The average molecular weight is 261 g/mol. The first-order valence-electron chi connectivity index (χ1n) is 7.11. The Morgan fingerprint density at radius 3 is 2.55 bits per heavy atom. The molecule has 20 heavy (non-hydrogen) atoms. The maximum Gasteiger partial charge on any atom is 0.115 e. The Morgan fingerprint density at radius 2 is 1.70 bits per heavy atom. The van der Waals surface area contributed by atoms with Gasteiger partial charge in [-0.2, -0.15) is 0 Å². The molecule has 2 aliphatic rings. The first kappa shape index (κ1) is 11.6. The molecule has 1 unspecified atom stereocenters. The third-order valence-electron chi connectivity index (χ3n) is 4.60. The Morgan fingerprint density at radius 1 is 0.950 bits per heavy atom. The lowest BCUT2D eigenvalue weighted by Crippen LogP contribution is -1.99. The summed E-state index contributed by atoms with van der Waals surface area (Å²) >= 11 is 0. The Kier molecular flexibility index (Phi) is 2.56. The SMILES string of the molecule is O=NC1=C(C2CCc3ccccc32)Cc2ccccc21. The molecule has 0 aromatic heterocycles. The first-order chi connectivity index (χ1) is 9.88. The highest BCUT2D eigenvalue weighted by Crippen LogP contribution is 2.46. The van der Waals surface area contributed by atoms with Gasteiger partial charge >= 0.3 is 0 Å². The van der Waals surface area contributed by atoms with Crippen LogP contribution in [-0.4, -0.2) is 0 Å². The minimum atomic E-state index is 0.367. The van der Waals surface area contributed by atoms with E-state index in [9.17, 15) is 4.91 Å². The fourth-order valence-electron chi connectivity index (χ4n) is 3.68. The van der Waals surface area contributed by atoms with Crippen LogP contribution >= 0.6 is 0 Å². The number of benzene rings is 2. The number of allylic oxidation sites excluding steroid dienone is 1. The second kappa shape index (κ2) is 4.41. The van der Waals surface area contributed by atoms with E-state index >= 15 is 0 Å². The number of rotatable bonds is 2. The molecule has 1 atom stereocenters. The summed E-state index contributed by atoms with van der Waals surface area (Å²) in [4.78, 5) is 11.3. The third-order valence-corrected chi connectivity index (χ3v) is 4.60. The molecular formula is C18H15NO. The molecule has 2 aromatic carbocycles. The number of nitroso groups, excluding NO2 is 1.